The number of halogens is 1. The van der Waals surface area contributed by atoms with Crippen LogP contribution in [0.1, 0.15) is 25.8 Å². The molecule has 2 nitrogen and oxygen atoms in total. The molecule has 0 radical (unpaired) electrons. The van der Waals surface area contributed by atoms with E-state index in [0.717, 1.165) is 17.8 Å². The van der Waals surface area contributed by atoms with Crippen LogP contribution >= 0.6 is 0 Å². The van der Waals surface area contributed by atoms with E-state index in [1.165, 1.54) is 6.07 Å². The molecule has 1 aliphatic rings. The lowest BCUT2D eigenvalue weighted by Gasteiger charge is -2.26. The third-order valence-electron chi connectivity index (χ3n) is 3.24. The fourth-order valence-electron chi connectivity index (χ4n) is 2.59. The minimum absolute atomic E-state index is 0.121. The molecule has 0 bridgehead atoms. The number of likely N-dealkylation sites (N-methyl/N-ethyl adjacent to an activating group) is 1. The number of hydrogen-bond donors (Lipinski definition) is 1. The number of hydrogen-bond acceptors (Lipinski definition) is 2. The van der Waals surface area contributed by atoms with Gasteiger partial charge >= 0.3 is 0 Å². The minimum Gasteiger partial charge on any atom is -0.393 e. The standard InChI is InChI=1S/C13H18FNO/c1-3-15-10(7-9(2)16)8-11-12(14)5-4-6-13(11)15/h4-6,9-10,16H,3,7-8H2,1-2H3. The highest BCUT2D eigenvalue weighted by Crippen LogP contribution is 2.35. The molecular formula is C13H18FNO. The Hall–Kier alpha value is -1.09. The van der Waals surface area contributed by atoms with Crippen molar-refractivity contribution in [1.82, 2.24) is 0 Å². The van der Waals surface area contributed by atoms with Crippen LogP contribution in [0.25, 0.3) is 0 Å². The molecule has 1 aliphatic heterocycles. The quantitative estimate of drug-likeness (QED) is 0.850. The molecule has 1 N–H and O–H groups in total. The van der Waals surface area contributed by atoms with E-state index < -0.39 is 0 Å². The normalized spacial score (nSPS) is 21.0. The number of aliphatic hydroxyl groups is 1. The van der Waals surface area contributed by atoms with Crippen LogP contribution in [0.15, 0.2) is 18.2 Å². The molecule has 2 atom stereocenters. The number of anilines is 1. The first kappa shape index (κ1) is 11.4. The summed E-state index contributed by atoms with van der Waals surface area (Å²) in [5.74, 6) is -0.121. The summed E-state index contributed by atoms with van der Waals surface area (Å²) in [6.45, 7) is 4.70. The fraction of sp³-hybridized carbons (Fsp3) is 0.538. The zero-order valence-electron chi connectivity index (χ0n) is 9.78. The van der Waals surface area contributed by atoms with Crippen molar-refractivity contribution in [1.29, 1.82) is 0 Å². The molecule has 0 amide bonds. The van der Waals surface area contributed by atoms with Crippen molar-refractivity contribution in [3.05, 3.63) is 29.6 Å². The van der Waals surface area contributed by atoms with Gasteiger partial charge in [-0.05, 0) is 38.8 Å². The Bertz CT molecular complexity index is 378. The molecule has 2 rings (SSSR count). The maximum atomic E-state index is 13.6. The summed E-state index contributed by atoms with van der Waals surface area (Å²) in [7, 11) is 0. The zero-order valence-corrected chi connectivity index (χ0v) is 9.78. The summed E-state index contributed by atoms with van der Waals surface area (Å²) in [6.07, 6.45) is 1.07. The van der Waals surface area contributed by atoms with Crippen LogP contribution in [0.5, 0.6) is 0 Å². The maximum absolute atomic E-state index is 13.6. The smallest absolute Gasteiger partial charge is 0.128 e. The highest BCUT2D eigenvalue weighted by molar-refractivity contribution is 5.59. The Morgan fingerprint density at radius 2 is 2.31 bits per heavy atom. The number of nitrogens with zero attached hydrogens (tertiary/aromatic N) is 1. The molecule has 1 heterocycles. The topological polar surface area (TPSA) is 23.5 Å². The van der Waals surface area contributed by atoms with Crippen molar-refractivity contribution in [3.63, 3.8) is 0 Å². The van der Waals surface area contributed by atoms with Crippen molar-refractivity contribution < 1.29 is 9.50 Å². The van der Waals surface area contributed by atoms with Gasteiger partial charge in [0.05, 0.1) is 6.10 Å². The SMILES string of the molecule is CCN1c2cccc(F)c2CC1CC(C)O. The van der Waals surface area contributed by atoms with Gasteiger partial charge in [0, 0.05) is 23.8 Å². The van der Waals surface area contributed by atoms with Gasteiger partial charge < -0.3 is 10.0 Å². The molecule has 2 unspecified atom stereocenters. The molecule has 0 spiro atoms. The van der Waals surface area contributed by atoms with E-state index in [0.29, 0.717) is 12.8 Å². The summed E-state index contributed by atoms with van der Waals surface area (Å²) in [5, 5.41) is 9.45. The van der Waals surface area contributed by atoms with E-state index in [9.17, 15) is 9.50 Å². The first-order valence-electron chi connectivity index (χ1n) is 5.85. The largest absolute Gasteiger partial charge is 0.393 e. The van der Waals surface area contributed by atoms with Crippen molar-refractivity contribution in [2.75, 3.05) is 11.4 Å². The average Bonchev–Trinajstić information content (AvgIpc) is 2.56. The molecule has 0 saturated carbocycles. The number of benzene rings is 1. The van der Waals surface area contributed by atoms with Gasteiger partial charge in [0.25, 0.3) is 0 Å². The van der Waals surface area contributed by atoms with E-state index in [1.54, 1.807) is 13.0 Å². The number of rotatable bonds is 3. The Balaban J connectivity index is 2.28. The zero-order chi connectivity index (χ0) is 11.7. The van der Waals surface area contributed by atoms with Gasteiger partial charge in [-0.2, -0.15) is 0 Å². The fourth-order valence-corrected chi connectivity index (χ4v) is 2.59. The van der Waals surface area contributed by atoms with Crippen LogP contribution in [-0.2, 0) is 6.42 Å². The van der Waals surface area contributed by atoms with Crippen LogP contribution in [0.2, 0.25) is 0 Å². The summed E-state index contributed by atoms with van der Waals surface area (Å²) < 4.78 is 13.6. The summed E-state index contributed by atoms with van der Waals surface area (Å²) in [6, 6.07) is 5.46. The van der Waals surface area contributed by atoms with Crippen LogP contribution in [0.4, 0.5) is 10.1 Å². The second kappa shape index (κ2) is 4.42. The second-order valence-electron chi connectivity index (χ2n) is 4.47. The van der Waals surface area contributed by atoms with Crippen LogP contribution in [0, 0.1) is 5.82 Å². The highest BCUT2D eigenvalue weighted by atomic mass is 19.1. The Morgan fingerprint density at radius 3 is 2.94 bits per heavy atom. The first-order chi connectivity index (χ1) is 7.63. The molecular weight excluding hydrogens is 205 g/mol. The summed E-state index contributed by atoms with van der Waals surface area (Å²) in [5.41, 5.74) is 1.79. The summed E-state index contributed by atoms with van der Waals surface area (Å²) >= 11 is 0. The lowest BCUT2D eigenvalue weighted by Crippen LogP contribution is -2.34. The highest BCUT2D eigenvalue weighted by Gasteiger charge is 2.30. The maximum Gasteiger partial charge on any atom is 0.128 e. The van der Waals surface area contributed by atoms with Crippen molar-refractivity contribution in [2.45, 2.75) is 38.8 Å². The second-order valence-corrected chi connectivity index (χ2v) is 4.47. The lowest BCUT2D eigenvalue weighted by molar-refractivity contribution is 0.174. The van der Waals surface area contributed by atoms with Crippen molar-refractivity contribution in [2.24, 2.45) is 0 Å². The van der Waals surface area contributed by atoms with Gasteiger partial charge in [0.2, 0.25) is 0 Å². The molecule has 88 valence electrons. The lowest BCUT2D eigenvalue weighted by atomic mass is 10.0. The monoisotopic (exact) mass is 223 g/mol. The first-order valence-corrected chi connectivity index (χ1v) is 5.85. The summed E-state index contributed by atoms with van der Waals surface area (Å²) in [4.78, 5) is 2.19. The average molecular weight is 223 g/mol. The van der Waals surface area contributed by atoms with E-state index in [4.69, 9.17) is 0 Å². The molecule has 0 aromatic heterocycles. The molecule has 0 fully saturated rings. The Morgan fingerprint density at radius 1 is 1.56 bits per heavy atom. The third kappa shape index (κ3) is 1.92. The molecule has 0 saturated heterocycles. The van der Waals surface area contributed by atoms with E-state index in [-0.39, 0.29) is 18.0 Å². The van der Waals surface area contributed by atoms with Crippen molar-refractivity contribution in [3.8, 4) is 0 Å². The predicted octanol–water partition coefficient (Wildman–Crippen LogP) is 2.35. The van der Waals surface area contributed by atoms with Crippen molar-refractivity contribution >= 4 is 5.69 Å². The minimum atomic E-state index is -0.337. The van der Waals surface area contributed by atoms with Gasteiger partial charge in [0.15, 0.2) is 0 Å². The Kier molecular flexibility index (Phi) is 3.15. The number of aliphatic hydroxyl groups excluding tert-OH is 1. The van der Waals surface area contributed by atoms with E-state index >= 15 is 0 Å². The molecule has 1 aromatic rings. The van der Waals surface area contributed by atoms with Crippen LogP contribution in [-0.4, -0.2) is 23.8 Å². The van der Waals surface area contributed by atoms with E-state index in [2.05, 4.69) is 11.8 Å². The molecule has 0 aliphatic carbocycles. The van der Waals surface area contributed by atoms with Gasteiger partial charge in [-0.1, -0.05) is 6.07 Å². The van der Waals surface area contributed by atoms with Crippen LogP contribution < -0.4 is 4.90 Å². The Labute approximate surface area is 95.7 Å². The molecule has 1 aromatic carbocycles. The van der Waals surface area contributed by atoms with Crippen LogP contribution in [0.3, 0.4) is 0 Å². The number of fused-ring (bicyclic) bond motifs is 1. The van der Waals surface area contributed by atoms with Gasteiger partial charge in [0.1, 0.15) is 5.82 Å². The van der Waals surface area contributed by atoms with Gasteiger partial charge in [-0.3, -0.25) is 0 Å². The van der Waals surface area contributed by atoms with E-state index in [1.807, 2.05) is 6.07 Å². The molecule has 16 heavy (non-hydrogen) atoms. The van der Waals surface area contributed by atoms with Gasteiger partial charge in [-0.25, -0.2) is 4.39 Å². The third-order valence-corrected chi connectivity index (χ3v) is 3.24. The van der Waals surface area contributed by atoms with Gasteiger partial charge in [-0.15, -0.1) is 0 Å². The predicted molar refractivity (Wildman–Crippen MR) is 63.2 cm³/mol. The molecule has 3 heteroatoms.